The maximum absolute atomic E-state index is 6.03. The highest BCUT2D eigenvalue weighted by molar-refractivity contribution is 5.85. The molecule has 1 atom stereocenters. The van der Waals surface area contributed by atoms with E-state index in [1.54, 1.807) is 0 Å². The second kappa shape index (κ2) is 10.1. The highest BCUT2D eigenvalue weighted by atomic mass is 35.5. The molecule has 1 aromatic heterocycles. The Labute approximate surface area is 185 Å². The van der Waals surface area contributed by atoms with Crippen molar-refractivity contribution in [3.63, 3.8) is 0 Å². The zero-order chi connectivity index (χ0) is 20.2. The van der Waals surface area contributed by atoms with Crippen molar-refractivity contribution in [3.8, 4) is 5.75 Å². The summed E-state index contributed by atoms with van der Waals surface area (Å²) in [5.41, 5.74) is 3.20. The van der Waals surface area contributed by atoms with Gasteiger partial charge in [-0.3, -0.25) is 4.90 Å². The molecule has 1 unspecified atom stereocenters. The minimum Gasteiger partial charge on any atom is -0.492 e. The van der Waals surface area contributed by atoms with Crippen LogP contribution in [0.2, 0.25) is 0 Å². The highest BCUT2D eigenvalue weighted by Crippen LogP contribution is 2.26. The molecule has 2 aromatic carbocycles. The molecule has 0 N–H and O–H groups in total. The van der Waals surface area contributed by atoms with Gasteiger partial charge in [0.2, 0.25) is 0 Å². The van der Waals surface area contributed by atoms with Crippen LogP contribution in [-0.2, 0) is 0 Å². The molecule has 0 aliphatic carbocycles. The molecule has 30 heavy (non-hydrogen) atoms. The third-order valence-electron chi connectivity index (χ3n) is 5.62. The van der Waals surface area contributed by atoms with Gasteiger partial charge in [-0.1, -0.05) is 18.2 Å². The lowest BCUT2D eigenvalue weighted by atomic mass is 10.1. The van der Waals surface area contributed by atoms with Gasteiger partial charge < -0.3 is 14.1 Å². The molecule has 0 radical (unpaired) electrons. The second-order valence-electron chi connectivity index (χ2n) is 8.07. The number of rotatable bonds is 7. The fraction of sp³-hybridized carbons (Fsp3) is 0.360. The largest absolute Gasteiger partial charge is 0.492 e. The maximum atomic E-state index is 6.03. The highest BCUT2D eigenvalue weighted by Gasteiger charge is 2.18. The predicted octanol–water partition coefficient (Wildman–Crippen LogP) is 5.95. The minimum absolute atomic E-state index is 0. The van der Waals surface area contributed by atoms with Crippen LogP contribution in [0.1, 0.15) is 31.1 Å². The molecule has 4 nitrogen and oxygen atoms in total. The first kappa shape index (κ1) is 22.3. The number of benzene rings is 2. The molecular weight excluding hydrogens is 396 g/mol. The van der Waals surface area contributed by atoms with Crippen molar-refractivity contribution in [2.75, 3.05) is 38.7 Å². The standard InChI is InChI=1S/C25H30N2O2.ClH/c1-19(27-14-4-5-15-27)18-28-23-13-9-21-16-24(29-25(21)17-23)12-8-20-6-10-22(11-7-20)26(2)3;/h6-13,16-17,19H,4-5,14-15,18H2,1-3H3;1H. The SMILES string of the molecule is CC(COc1ccc2cc(C=Cc3ccc(N(C)C)cc3)oc2c1)N1CCCC1.Cl. The van der Waals surface area contributed by atoms with E-state index >= 15 is 0 Å². The molecular formula is C25H31ClN2O2. The number of anilines is 1. The molecule has 3 aromatic rings. The number of hydrogen-bond donors (Lipinski definition) is 0. The Balaban J connectivity index is 0.00000256. The Morgan fingerprint density at radius 1 is 1.03 bits per heavy atom. The molecule has 5 heteroatoms. The normalized spacial score (nSPS) is 15.4. The van der Waals surface area contributed by atoms with Crippen molar-refractivity contribution in [2.24, 2.45) is 0 Å². The van der Waals surface area contributed by atoms with Crippen molar-refractivity contribution in [2.45, 2.75) is 25.8 Å². The first-order valence-corrected chi connectivity index (χ1v) is 10.4. The third-order valence-corrected chi connectivity index (χ3v) is 5.62. The zero-order valence-corrected chi connectivity index (χ0v) is 18.8. The molecule has 0 bridgehead atoms. The number of ether oxygens (including phenoxy) is 1. The lowest BCUT2D eigenvalue weighted by Crippen LogP contribution is -2.34. The fourth-order valence-electron chi connectivity index (χ4n) is 3.77. The predicted molar refractivity (Wildman–Crippen MR) is 129 cm³/mol. The summed E-state index contributed by atoms with van der Waals surface area (Å²) in [7, 11) is 4.09. The smallest absolute Gasteiger partial charge is 0.138 e. The summed E-state index contributed by atoms with van der Waals surface area (Å²) in [6.45, 7) is 5.33. The Morgan fingerprint density at radius 3 is 2.47 bits per heavy atom. The average Bonchev–Trinajstić information content (AvgIpc) is 3.40. The number of nitrogens with zero attached hydrogens (tertiary/aromatic N) is 2. The van der Waals surface area contributed by atoms with E-state index in [1.165, 1.54) is 31.6 Å². The van der Waals surface area contributed by atoms with Crippen molar-refractivity contribution in [1.82, 2.24) is 4.90 Å². The molecule has 0 amide bonds. The second-order valence-corrected chi connectivity index (χ2v) is 8.07. The van der Waals surface area contributed by atoms with Gasteiger partial charge in [-0.15, -0.1) is 12.4 Å². The maximum Gasteiger partial charge on any atom is 0.138 e. The monoisotopic (exact) mass is 426 g/mol. The van der Waals surface area contributed by atoms with E-state index < -0.39 is 0 Å². The molecule has 2 heterocycles. The zero-order valence-electron chi connectivity index (χ0n) is 18.0. The Hall–Kier alpha value is -2.43. The number of likely N-dealkylation sites (tertiary alicyclic amines) is 1. The number of hydrogen-bond acceptors (Lipinski definition) is 4. The summed E-state index contributed by atoms with van der Waals surface area (Å²) < 4.78 is 12.0. The van der Waals surface area contributed by atoms with Gasteiger partial charge in [0.05, 0.1) is 0 Å². The number of furan rings is 1. The Bertz CT molecular complexity index is 972. The van der Waals surface area contributed by atoms with Gasteiger partial charge in [-0.05, 0) is 74.8 Å². The van der Waals surface area contributed by atoms with Crippen LogP contribution in [0.3, 0.4) is 0 Å². The first-order valence-electron chi connectivity index (χ1n) is 10.4. The Kier molecular flexibility index (Phi) is 7.46. The summed E-state index contributed by atoms with van der Waals surface area (Å²) in [6, 6.07) is 17.1. The molecule has 4 rings (SSSR count). The van der Waals surface area contributed by atoms with Crippen LogP contribution in [0.25, 0.3) is 23.1 Å². The molecule has 1 aliphatic rings. The number of halogens is 1. The van der Waals surface area contributed by atoms with Crippen molar-refractivity contribution in [1.29, 1.82) is 0 Å². The summed E-state index contributed by atoms with van der Waals surface area (Å²) in [4.78, 5) is 4.59. The van der Waals surface area contributed by atoms with E-state index in [1.807, 2.05) is 32.3 Å². The van der Waals surface area contributed by atoms with Crippen LogP contribution in [0.4, 0.5) is 5.69 Å². The molecule has 160 valence electrons. The average molecular weight is 427 g/mol. The third kappa shape index (κ3) is 5.38. The topological polar surface area (TPSA) is 28.9 Å². The van der Waals surface area contributed by atoms with Crippen LogP contribution in [0.5, 0.6) is 5.75 Å². The van der Waals surface area contributed by atoms with Crippen molar-refractivity contribution in [3.05, 3.63) is 59.9 Å². The van der Waals surface area contributed by atoms with E-state index in [-0.39, 0.29) is 12.4 Å². The van der Waals surface area contributed by atoms with E-state index in [9.17, 15) is 0 Å². The van der Waals surface area contributed by atoms with E-state index in [0.717, 1.165) is 28.0 Å². The fourth-order valence-corrected chi connectivity index (χ4v) is 3.77. The van der Waals surface area contributed by atoms with E-state index in [2.05, 4.69) is 59.2 Å². The van der Waals surface area contributed by atoms with Crippen molar-refractivity contribution >= 4 is 41.2 Å². The van der Waals surface area contributed by atoms with Gasteiger partial charge in [0.15, 0.2) is 0 Å². The summed E-state index contributed by atoms with van der Waals surface area (Å²) >= 11 is 0. The van der Waals surface area contributed by atoms with Gasteiger partial charge in [0.25, 0.3) is 0 Å². The van der Waals surface area contributed by atoms with Crippen LogP contribution in [0.15, 0.2) is 52.9 Å². The molecule has 1 aliphatic heterocycles. The number of fused-ring (bicyclic) bond motifs is 1. The van der Waals surface area contributed by atoms with Gasteiger partial charge in [0.1, 0.15) is 23.7 Å². The van der Waals surface area contributed by atoms with Crippen LogP contribution >= 0.6 is 12.4 Å². The molecule has 1 fully saturated rings. The molecule has 0 spiro atoms. The van der Waals surface area contributed by atoms with E-state index in [0.29, 0.717) is 12.6 Å². The summed E-state index contributed by atoms with van der Waals surface area (Å²) in [5, 5.41) is 1.09. The van der Waals surface area contributed by atoms with Crippen LogP contribution < -0.4 is 9.64 Å². The lowest BCUT2D eigenvalue weighted by Gasteiger charge is -2.23. The Morgan fingerprint density at radius 2 is 1.77 bits per heavy atom. The lowest BCUT2D eigenvalue weighted by molar-refractivity contribution is 0.172. The summed E-state index contributed by atoms with van der Waals surface area (Å²) in [5.74, 6) is 1.71. The minimum atomic E-state index is 0. The van der Waals surface area contributed by atoms with Crippen LogP contribution in [0, 0.1) is 0 Å². The van der Waals surface area contributed by atoms with Gasteiger partial charge in [-0.25, -0.2) is 0 Å². The first-order chi connectivity index (χ1) is 14.1. The van der Waals surface area contributed by atoms with Crippen LogP contribution in [-0.4, -0.2) is 44.7 Å². The summed E-state index contributed by atoms with van der Waals surface area (Å²) in [6.07, 6.45) is 6.70. The quantitative estimate of drug-likeness (QED) is 0.466. The molecule has 0 saturated carbocycles. The van der Waals surface area contributed by atoms with E-state index in [4.69, 9.17) is 9.15 Å². The molecule has 1 saturated heterocycles. The van der Waals surface area contributed by atoms with Gasteiger partial charge in [0, 0.05) is 37.3 Å². The van der Waals surface area contributed by atoms with Crippen molar-refractivity contribution < 1.29 is 9.15 Å². The van der Waals surface area contributed by atoms with Gasteiger partial charge >= 0.3 is 0 Å². The van der Waals surface area contributed by atoms with Gasteiger partial charge in [-0.2, -0.15) is 0 Å².